The number of carbonyl (C=O) groups excluding carboxylic acids is 3. The number of hydrogen-bond donors (Lipinski definition) is 2. The number of esters is 3. The van der Waals surface area contributed by atoms with Gasteiger partial charge in [0.15, 0.2) is 6.10 Å². The summed E-state index contributed by atoms with van der Waals surface area (Å²) in [6.45, 7) is 3.81. The van der Waals surface area contributed by atoms with Gasteiger partial charge >= 0.3 is 17.9 Å². The van der Waals surface area contributed by atoms with Crippen LogP contribution in [0.3, 0.4) is 0 Å². The average Bonchev–Trinajstić information content (AvgIpc) is 2.86. The zero-order chi connectivity index (χ0) is 21.0. The molecule has 2 rings (SSSR count). The largest absolute Gasteiger partial charge is 0.465 e. The summed E-state index contributed by atoms with van der Waals surface area (Å²) in [5.41, 5.74) is 6.84. The summed E-state index contributed by atoms with van der Waals surface area (Å²) >= 11 is 12.0. The van der Waals surface area contributed by atoms with Crippen LogP contribution in [-0.4, -0.2) is 42.8 Å². The molecule has 10 heteroatoms. The van der Waals surface area contributed by atoms with Gasteiger partial charge in [-0.2, -0.15) is 0 Å². The molecular formula is C18H22Cl2N2O6. The van der Waals surface area contributed by atoms with Crippen molar-refractivity contribution in [2.24, 2.45) is 5.92 Å². The van der Waals surface area contributed by atoms with Crippen LogP contribution in [0.5, 0.6) is 0 Å². The quantitative estimate of drug-likeness (QED) is 0.400. The average molecular weight is 433 g/mol. The SMILES string of the molecule is CC(=O)OC[C@@H]1C[C@H](Nc2cc(Cl)c(Cl)cc2N)[C@@H](OC(C)=O)[C@H]1OC(C)=O. The number of nitrogen functional groups attached to an aromatic ring is 1. The van der Waals surface area contributed by atoms with Crippen molar-refractivity contribution in [3.8, 4) is 0 Å². The van der Waals surface area contributed by atoms with Crippen molar-refractivity contribution in [1.82, 2.24) is 0 Å². The van der Waals surface area contributed by atoms with Gasteiger partial charge in [-0.15, -0.1) is 0 Å². The van der Waals surface area contributed by atoms with Crippen LogP contribution in [0.2, 0.25) is 10.0 Å². The molecule has 4 atom stereocenters. The fourth-order valence-electron chi connectivity index (χ4n) is 3.20. The highest BCUT2D eigenvalue weighted by Crippen LogP contribution is 2.37. The number of carbonyl (C=O) groups is 3. The van der Waals surface area contributed by atoms with Crippen LogP contribution < -0.4 is 11.1 Å². The molecule has 0 radical (unpaired) electrons. The highest BCUT2D eigenvalue weighted by atomic mass is 35.5. The lowest BCUT2D eigenvalue weighted by molar-refractivity contribution is -0.167. The lowest BCUT2D eigenvalue weighted by Crippen LogP contribution is -2.41. The van der Waals surface area contributed by atoms with Crippen molar-refractivity contribution in [3.05, 3.63) is 22.2 Å². The number of anilines is 2. The Bertz CT molecular complexity index is 773. The van der Waals surface area contributed by atoms with Gasteiger partial charge in [0.2, 0.25) is 0 Å². The van der Waals surface area contributed by atoms with Crippen molar-refractivity contribution in [3.63, 3.8) is 0 Å². The minimum atomic E-state index is -0.809. The second kappa shape index (κ2) is 9.34. The molecule has 1 aromatic carbocycles. The molecule has 8 nitrogen and oxygen atoms in total. The van der Waals surface area contributed by atoms with Crippen molar-refractivity contribution in [2.75, 3.05) is 17.7 Å². The zero-order valence-electron chi connectivity index (χ0n) is 15.7. The number of benzene rings is 1. The predicted octanol–water partition coefficient (Wildman–Crippen LogP) is 2.80. The summed E-state index contributed by atoms with van der Waals surface area (Å²) in [5, 5.41) is 3.78. The van der Waals surface area contributed by atoms with Crippen LogP contribution in [0, 0.1) is 5.92 Å². The van der Waals surface area contributed by atoms with Crippen LogP contribution in [0.15, 0.2) is 12.1 Å². The van der Waals surface area contributed by atoms with Crippen molar-refractivity contribution < 1.29 is 28.6 Å². The predicted molar refractivity (Wildman–Crippen MR) is 104 cm³/mol. The first-order valence-corrected chi connectivity index (χ1v) is 9.33. The molecule has 0 spiro atoms. The molecule has 3 N–H and O–H groups in total. The number of hydrogen-bond acceptors (Lipinski definition) is 8. The van der Waals surface area contributed by atoms with Gasteiger partial charge in [-0.05, 0) is 18.6 Å². The van der Waals surface area contributed by atoms with Gasteiger partial charge < -0.3 is 25.3 Å². The first-order valence-electron chi connectivity index (χ1n) is 8.57. The van der Waals surface area contributed by atoms with E-state index >= 15 is 0 Å². The summed E-state index contributed by atoms with van der Waals surface area (Å²) in [4.78, 5) is 34.4. The molecule has 1 aliphatic rings. The third-order valence-electron chi connectivity index (χ3n) is 4.28. The Morgan fingerprint density at radius 2 is 1.61 bits per heavy atom. The molecule has 1 saturated carbocycles. The molecule has 154 valence electrons. The Kier molecular flexibility index (Phi) is 7.37. The minimum Gasteiger partial charge on any atom is -0.465 e. The van der Waals surface area contributed by atoms with Gasteiger partial charge in [-0.1, -0.05) is 23.2 Å². The fourth-order valence-corrected chi connectivity index (χ4v) is 3.54. The lowest BCUT2D eigenvalue weighted by Gasteiger charge is -2.27. The standard InChI is InChI=1S/C18H22Cl2N2O6/c1-8(23)26-7-11-4-16(18(28-10(3)25)17(11)27-9(2)24)22-15-6-13(20)12(19)5-14(15)21/h5-6,11,16-18,22H,4,7,21H2,1-3H3/t11-,16-,17-,18+/m0/s1. The highest BCUT2D eigenvalue weighted by molar-refractivity contribution is 6.42. The number of rotatable bonds is 6. The van der Waals surface area contributed by atoms with E-state index in [1.807, 2.05) is 0 Å². The van der Waals surface area contributed by atoms with E-state index < -0.39 is 36.2 Å². The van der Waals surface area contributed by atoms with Crippen LogP contribution >= 0.6 is 23.2 Å². The molecular weight excluding hydrogens is 411 g/mol. The zero-order valence-corrected chi connectivity index (χ0v) is 17.2. The lowest BCUT2D eigenvalue weighted by atomic mass is 10.1. The number of nitrogens with one attached hydrogen (secondary N) is 1. The van der Waals surface area contributed by atoms with E-state index in [1.165, 1.54) is 26.8 Å². The van der Waals surface area contributed by atoms with Gasteiger partial charge in [0.1, 0.15) is 6.10 Å². The third-order valence-corrected chi connectivity index (χ3v) is 5.00. The maximum absolute atomic E-state index is 11.6. The normalized spacial score (nSPS) is 23.8. The van der Waals surface area contributed by atoms with E-state index in [2.05, 4.69) is 5.32 Å². The topological polar surface area (TPSA) is 117 Å². The molecule has 0 amide bonds. The molecule has 1 fully saturated rings. The van der Waals surface area contributed by atoms with Crippen LogP contribution in [-0.2, 0) is 28.6 Å². The summed E-state index contributed by atoms with van der Waals surface area (Å²) in [6, 6.07) is 2.60. The molecule has 0 aromatic heterocycles. The summed E-state index contributed by atoms with van der Waals surface area (Å²) in [7, 11) is 0. The van der Waals surface area contributed by atoms with E-state index in [-0.39, 0.29) is 12.5 Å². The van der Waals surface area contributed by atoms with E-state index in [0.29, 0.717) is 27.8 Å². The minimum absolute atomic E-state index is 0.0140. The van der Waals surface area contributed by atoms with E-state index in [0.717, 1.165) is 0 Å². The summed E-state index contributed by atoms with van der Waals surface area (Å²) < 4.78 is 15.9. The Hall–Kier alpha value is -2.19. The van der Waals surface area contributed by atoms with Crippen molar-refractivity contribution in [1.29, 1.82) is 0 Å². The Balaban J connectivity index is 2.31. The van der Waals surface area contributed by atoms with E-state index in [4.69, 9.17) is 43.1 Å². The van der Waals surface area contributed by atoms with Gasteiger partial charge in [0, 0.05) is 26.7 Å². The smallest absolute Gasteiger partial charge is 0.303 e. The van der Waals surface area contributed by atoms with Gasteiger partial charge in [-0.3, -0.25) is 14.4 Å². The van der Waals surface area contributed by atoms with Crippen molar-refractivity contribution >= 4 is 52.5 Å². The number of nitrogens with two attached hydrogens (primary N) is 1. The van der Waals surface area contributed by atoms with Crippen LogP contribution in [0.25, 0.3) is 0 Å². The van der Waals surface area contributed by atoms with Gasteiger partial charge in [-0.25, -0.2) is 0 Å². The summed E-state index contributed by atoms with van der Waals surface area (Å²) in [6.07, 6.45) is -1.21. The van der Waals surface area contributed by atoms with Crippen LogP contribution in [0.1, 0.15) is 27.2 Å². The molecule has 0 unspecified atom stereocenters. The van der Waals surface area contributed by atoms with Gasteiger partial charge in [0.25, 0.3) is 0 Å². The molecule has 1 aromatic rings. The number of halogens is 2. The Morgan fingerprint density at radius 1 is 1.04 bits per heavy atom. The maximum atomic E-state index is 11.6. The second-order valence-electron chi connectivity index (χ2n) is 6.55. The molecule has 0 saturated heterocycles. The molecule has 0 heterocycles. The Labute approximate surface area is 172 Å². The fraction of sp³-hybridized carbons (Fsp3) is 0.500. The molecule has 0 aliphatic heterocycles. The van der Waals surface area contributed by atoms with Gasteiger partial charge in [0.05, 0.1) is 34.1 Å². The third kappa shape index (κ3) is 5.65. The molecule has 0 bridgehead atoms. The monoisotopic (exact) mass is 432 g/mol. The molecule has 28 heavy (non-hydrogen) atoms. The van der Waals surface area contributed by atoms with E-state index in [9.17, 15) is 14.4 Å². The number of ether oxygens (including phenoxy) is 3. The second-order valence-corrected chi connectivity index (χ2v) is 7.37. The molecule has 1 aliphatic carbocycles. The first kappa shape index (κ1) is 22.1. The van der Waals surface area contributed by atoms with E-state index in [1.54, 1.807) is 6.07 Å². The van der Waals surface area contributed by atoms with Crippen LogP contribution in [0.4, 0.5) is 11.4 Å². The summed E-state index contributed by atoms with van der Waals surface area (Å²) in [5.74, 6) is -1.91. The maximum Gasteiger partial charge on any atom is 0.303 e. The highest BCUT2D eigenvalue weighted by Gasteiger charge is 2.48. The first-order chi connectivity index (χ1) is 13.1. The van der Waals surface area contributed by atoms with Crippen molar-refractivity contribution in [2.45, 2.75) is 45.4 Å². The Morgan fingerprint density at radius 3 is 2.18 bits per heavy atom.